The topological polar surface area (TPSA) is 8.17 Å². The van der Waals surface area contributed by atoms with Crippen LogP contribution in [0.4, 0.5) is 17.1 Å². The fourth-order valence-electron chi connectivity index (χ4n) is 8.58. The molecule has 0 radical (unpaired) electrons. The Morgan fingerprint density at radius 3 is 1.51 bits per heavy atom. The van der Waals surface area contributed by atoms with Gasteiger partial charge in [0.15, 0.2) is 0 Å². The molecule has 252 valence electrons. The number of rotatable bonds is 6. The van der Waals surface area contributed by atoms with Gasteiger partial charge < -0.3 is 9.47 Å². The molecule has 2 heteroatoms. The minimum atomic E-state index is -0.0854. The maximum Gasteiger partial charge on any atom is 0.0622 e. The van der Waals surface area contributed by atoms with Crippen molar-refractivity contribution in [3.05, 3.63) is 205 Å². The van der Waals surface area contributed by atoms with E-state index in [-0.39, 0.29) is 5.41 Å². The first kappa shape index (κ1) is 31.1. The summed E-state index contributed by atoms with van der Waals surface area (Å²) in [4.78, 5) is 2.39. The second-order valence-electron chi connectivity index (χ2n) is 14.6. The standard InChI is InChI=1S/C51H38N2/c1-51(2)46-21-13-12-20-45(46)49-47(51)33-32-44-43-31-30-42(34-48(43)53(50(44)49)39-18-10-5-11-19-39)52(40-26-22-37(23-27-40)35-14-6-3-7-15-35)41-28-24-38(25-29-41)36-16-8-4-9-17-36/h3-34H,1-2H3. The fraction of sp³-hybridized carbons (Fsp3) is 0.0588. The first-order valence-corrected chi connectivity index (χ1v) is 18.4. The average molecular weight is 679 g/mol. The fourth-order valence-corrected chi connectivity index (χ4v) is 8.58. The highest BCUT2D eigenvalue weighted by Gasteiger charge is 2.37. The van der Waals surface area contributed by atoms with Crippen molar-refractivity contribution in [3.63, 3.8) is 0 Å². The number of hydrogen-bond acceptors (Lipinski definition) is 1. The molecule has 53 heavy (non-hydrogen) atoms. The van der Waals surface area contributed by atoms with Gasteiger partial charge >= 0.3 is 0 Å². The minimum Gasteiger partial charge on any atom is -0.310 e. The zero-order valence-corrected chi connectivity index (χ0v) is 29.9. The van der Waals surface area contributed by atoms with Gasteiger partial charge in [-0.2, -0.15) is 0 Å². The van der Waals surface area contributed by atoms with Crippen LogP contribution < -0.4 is 4.90 Å². The Labute approximate surface area is 310 Å². The SMILES string of the molecule is CC1(C)c2ccccc2-c2c1ccc1c3ccc(N(c4ccc(-c5ccccc5)cc4)c4ccc(-c5ccccc5)cc4)cc3n(-c3ccccc3)c21. The van der Waals surface area contributed by atoms with Crippen LogP contribution in [0, 0.1) is 0 Å². The molecule has 1 aromatic heterocycles. The molecular weight excluding hydrogens is 641 g/mol. The van der Waals surface area contributed by atoms with E-state index in [9.17, 15) is 0 Å². The summed E-state index contributed by atoms with van der Waals surface area (Å²) in [5.41, 5.74) is 17.1. The lowest BCUT2D eigenvalue weighted by molar-refractivity contribution is 0.661. The van der Waals surface area contributed by atoms with E-state index in [4.69, 9.17) is 0 Å². The molecule has 0 N–H and O–H groups in total. The molecule has 0 saturated heterocycles. The molecule has 2 nitrogen and oxygen atoms in total. The van der Waals surface area contributed by atoms with Crippen LogP contribution in [0.2, 0.25) is 0 Å². The molecule has 0 spiro atoms. The quantitative estimate of drug-likeness (QED) is 0.170. The number of hydrogen-bond donors (Lipinski definition) is 0. The third-order valence-electron chi connectivity index (χ3n) is 11.2. The summed E-state index contributed by atoms with van der Waals surface area (Å²) in [6, 6.07) is 70.7. The molecule has 0 atom stereocenters. The highest BCUT2D eigenvalue weighted by atomic mass is 15.1. The maximum atomic E-state index is 2.50. The van der Waals surface area contributed by atoms with E-state index < -0.39 is 0 Å². The predicted octanol–water partition coefficient (Wildman–Crippen LogP) is 13.9. The summed E-state index contributed by atoms with van der Waals surface area (Å²) in [6.07, 6.45) is 0. The van der Waals surface area contributed by atoms with E-state index in [0.717, 1.165) is 22.7 Å². The van der Waals surface area contributed by atoms with Crippen molar-refractivity contribution in [1.29, 1.82) is 0 Å². The Morgan fingerprint density at radius 2 is 0.906 bits per heavy atom. The van der Waals surface area contributed by atoms with Gasteiger partial charge in [0.05, 0.1) is 11.0 Å². The van der Waals surface area contributed by atoms with Gasteiger partial charge in [0.25, 0.3) is 0 Å². The Hall–Kier alpha value is -6.64. The summed E-state index contributed by atoms with van der Waals surface area (Å²) in [7, 11) is 0. The van der Waals surface area contributed by atoms with Crippen LogP contribution in [0.15, 0.2) is 194 Å². The molecule has 1 heterocycles. The minimum absolute atomic E-state index is 0.0854. The van der Waals surface area contributed by atoms with Crippen molar-refractivity contribution in [2.24, 2.45) is 0 Å². The van der Waals surface area contributed by atoms with Gasteiger partial charge in [-0.25, -0.2) is 0 Å². The Balaban J connectivity index is 1.21. The van der Waals surface area contributed by atoms with Crippen LogP contribution in [0.1, 0.15) is 25.0 Å². The van der Waals surface area contributed by atoms with E-state index in [2.05, 4.69) is 217 Å². The number of para-hydroxylation sites is 1. The molecule has 0 saturated carbocycles. The van der Waals surface area contributed by atoms with E-state index >= 15 is 0 Å². The number of nitrogens with zero attached hydrogens (tertiary/aromatic N) is 2. The first-order chi connectivity index (χ1) is 26.1. The third-order valence-corrected chi connectivity index (χ3v) is 11.2. The second-order valence-corrected chi connectivity index (χ2v) is 14.6. The smallest absolute Gasteiger partial charge is 0.0622 e. The van der Waals surface area contributed by atoms with Crippen LogP contribution in [0.5, 0.6) is 0 Å². The number of benzene rings is 8. The first-order valence-electron chi connectivity index (χ1n) is 18.4. The summed E-state index contributed by atoms with van der Waals surface area (Å²) >= 11 is 0. The van der Waals surface area contributed by atoms with E-state index in [1.165, 1.54) is 66.3 Å². The Bertz CT molecular complexity index is 2680. The summed E-state index contributed by atoms with van der Waals surface area (Å²) in [5, 5.41) is 2.52. The van der Waals surface area contributed by atoms with Crippen molar-refractivity contribution < 1.29 is 0 Å². The van der Waals surface area contributed by atoms with Crippen LogP contribution in [-0.4, -0.2) is 4.57 Å². The average Bonchev–Trinajstić information content (AvgIpc) is 3.67. The lowest BCUT2D eigenvalue weighted by Gasteiger charge is -2.26. The number of fused-ring (bicyclic) bond motifs is 7. The Kier molecular flexibility index (Phi) is 7.19. The zero-order chi connectivity index (χ0) is 35.5. The normalized spacial score (nSPS) is 12.9. The van der Waals surface area contributed by atoms with Gasteiger partial charge in [-0.15, -0.1) is 0 Å². The van der Waals surface area contributed by atoms with Crippen LogP contribution in [0.25, 0.3) is 60.9 Å². The molecule has 9 aromatic rings. The highest BCUT2D eigenvalue weighted by Crippen LogP contribution is 2.53. The van der Waals surface area contributed by atoms with E-state index in [0.29, 0.717) is 0 Å². The molecule has 1 aliphatic carbocycles. The van der Waals surface area contributed by atoms with Gasteiger partial charge in [-0.3, -0.25) is 0 Å². The van der Waals surface area contributed by atoms with Crippen molar-refractivity contribution in [2.45, 2.75) is 19.3 Å². The summed E-state index contributed by atoms with van der Waals surface area (Å²) < 4.78 is 2.50. The molecular formula is C51H38N2. The number of aromatic nitrogens is 1. The highest BCUT2D eigenvalue weighted by molar-refractivity contribution is 6.16. The van der Waals surface area contributed by atoms with Crippen molar-refractivity contribution >= 4 is 38.9 Å². The molecule has 0 amide bonds. The largest absolute Gasteiger partial charge is 0.310 e. The molecule has 8 aromatic carbocycles. The Morgan fingerprint density at radius 1 is 0.415 bits per heavy atom. The van der Waals surface area contributed by atoms with Gasteiger partial charge in [0.1, 0.15) is 0 Å². The van der Waals surface area contributed by atoms with Crippen LogP contribution in [0.3, 0.4) is 0 Å². The third kappa shape index (κ3) is 5.02. The monoisotopic (exact) mass is 678 g/mol. The zero-order valence-electron chi connectivity index (χ0n) is 29.9. The molecule has 0 fully saturated rings. The van der Waals surface area contributed by atoms with Crippen LogP contribution in [-0.2, 0) is 5.41 Å². The molecule has 10 rings (SSSR count). The van der Waals surface area contributed by atoms with Crippen molar-refractivity contribution in [3.8, 4) is 39.1 Å². The number of anilines is 3. The molecule has 0 bridgehead atoms. The van der Waals surface area contributed by atoms with Gasteiger partial charge in [-0.05, 0) is 87.5 Å². The second kappa shape index (κ2) is 12.3. The van der Waals surface area contributed by atoms with Crippen LogP contribution >= 0.6 is 0 Å². The van der Waals surface area contributed by atoms with E-state index in [1.54, 1.807) is 0 Å². The summed E-state index contributed by atoms with van der Waals surface area (Å²) in [5.74, 6) is 0. The van der Waals surface area contributed by atoms with Crippen molar-refractivity contribution in [1.82, 2.24) is 4.57 Å². The lowest BCUT2D eigenvalue weighted by Crippen LogP contribution is -2.14. The molecule has 1 aliphatic rings. The van der Waals surface area contributed by atoms with Gasteiger partial charge in [0, 0.05) is 44.5 Å². The van der Waals surface area contributed by atoms with E-state index in [1.807, 2.05) is 0 Å². The predicted molar refractivity (Wildman–Crippen MR) is 224 cm³/mol. The van der Waals surface area contributed by atoms with Crippen molar-refractivity contribution in [2.75, 3.05) is 4.90 Å². The maximum absolute atomic E-state index is 2.50. The molecule has 0 aliphatic heterocycles. The van der Waals surface area contributed by atoms with Gasteiger partial charge in [-0.1, -0.05) is 159 Å². The molecule has 0 unspecified atom stereocenters. The lowest BCUT2D eigenvalue weighted by atomic mass is 9.82. The summed E-state index contributed by atoms with van der Waals surface area (Å²) in [6.45, 7) is 4.72. The van der Waals surface area contributed by atoms with Gasteiger partial charge in [0.2, 0.25) is 0 Å².